The van der Waals surface area contributed by atoms with Crippen LogP contribution >= 0.6 is 0 Å². The molecule has 1 aromatic rings. The molecular weight excluding hydrogens is 394 g/mol. The zero-order valence-corrected chi connectivity index (χ0v) is 18.9. The van der Waals surface area contributed by atoms with Crippen LogP contribution in [0, 0.1) is 6.92 Å². The minimum absolute atomic E-state index is 0.0852. The van der Waals surface area contributed by atoms with E-state index in [0.717, 1.165) is 0 Å². The van der Waals surface area contributed by atoms with E-state index in [1.165, 1.54) is 24.6 Å². The number of carbonyl (C=O) groups is 1. The SMILES string of the molecule is CCN(CC)C(=O)CN1CCCN(S(=O)(=O)c2cc(OC)c(OC)cc2C)CC1. The van der Waals surface area contributed by atoms with Crippen molar-refractivity contribution in [1.29, 1.82) is 0 Å². The Bertz CT molecular complexity index is 809. The van der Waals surface area contributed by atoms with Crippen LogP contribution in [0.15, 0.2) is 17.0 Å². The molecule has 1 fully saturated rings. The summed E-state index contributed by atoms with van der Waals surface area (Å²) in [6.45, 7) is 9.36. The highest BCUT2D eigenvalue weighted by molar-refractivity contribution is 7.89. The van der Waals surface area contributed by atoms with Crippen LogP contribution in [0.4, 0.5) is 0 Å². The summed E-state index contributed by atoms with van der Waals surface area (Å²) in [4.78, 5) is 16.5. The average Bonchev–Trinajstić information content (AvgIpc) is 2.94. The molecule has 0 bridgehead atoms. The molecule has 1 amide bonds. The molecule has 0 aromatic heterocycles. The summed E-state index contributed by atoms with van der Waals surface area (Å²) < 4.78 is 38.6. The third-order valence-corrected chi connectivity index (χ3v) is 7.36. The largest absolute Gasteiger partial charge is 0.493 e. The van der Waals surface area contributed by atoms with Gasteiger partial charge in [0.15, 0.2) is 11.5 Å². The molecule has 0 atom stereocenters. The highest BCUT2D eigenvalue weighted by Gasteiger charge is 2.30. The quantitative estimate of drug-likeness (QED) is 0.627. The number of rotatable bonds is 8. The smallest absolute Gasteiger partial charge is 0.243 e. The van der Waals surface area contributed by atoms with Crippen molar-refractivity contribution in [3.63, 3.8) is 0 Å². The third kappa shape index (κ3) is 5.40. The lowest BCUT2D eigenvalue weighted by atomic mass is 10.2. The van der Waals surface area contributed by atoms with Crippen molar-refractivity contribution in [2.45, 2.75) is 32.1 Å². The monoisotopic (exact) mass is 427 g/mol. The number of sulfonamides is 1. The first-order chi connectivity index (χ1) is 13.8. The molecule has 9 heteroatoms. The summed E-state index contributed by atoms with van der Waals surface area (Å²) in [6.07, 6.45) is 0.678. The molecule has 8 nitrogen and oxygen atoms in total. The predicted molar refractivity (Wildman–Crippen MR) is 112 cm³/mol. The van der Waals surface area contributed by atoms with Gasteiger partial charge in [0.25, 0.3) is 0 Å². The number of ether oxygens (including phenoxy) is 2. The van der Waals surface area contributed by atoms with Gasteiger partial charge in [-0.05, 0) is 45.4 Å². The van der Waals surface area contributed by atoms with Gasteiger partial charge < -0.3 is 14.4 Å². The van der Waals surface area contributed by atoms with Gasteiger partial charge >= 0.3 is 0 Å². The number of aryl methyl sites for hydroxylation is 1. The second kappa shape index (κ2) is 10.3. The van der Waals surface area contributed by atoms with Gasteiger partial charge in [-0.3, -0.25) is 9.69 Å². The molecule has 1 aromatic carbocycles. The first-order valence-corrected chi connectivity index (χ1v) is 11.4. The van der Waals surface area contributed by atoms with Crippen molar-refractivity contribution in [3.8, 4) is 11.5 Å². The summed E-state index contributed by atoms with van der Waals surface area (Å²) in [7, 11) is -0.667. The van der Waals surface area contributed by atoms with Gasteiger partial charge in [-0.15, -0.1) is 0 Å². The summed E-state index contributed by atoms with van der Waals surface area (Å²) in [5.74, 6) is 0.973. The van der Waals surface area contributed by atoms with Gasteiger partial charge in [0.2, 0.25) is 15.9 Å². The molecule has 2 rings (SSSR count). The Kier molecular flexibility index (Phi) is 8.30. The fourth-order valence-electron chi connectivity index (χ4n) is 3.59. The molecule has 0 N–H and O–H groups in total. The Labute approximate surface area is 174 Å². The molecule has 0 radical (unpaired) electrons. The molecule has 1 saturated heterocycles. The van der Waals surface area contributed by atoms with Crippen molar-refractivity contribution in [1.82, 2.24) is 14.1 Å². The second-order valence-corrected chi connectivity index (χ2v) is 8.98. The number of methoxy groups -OCH3 is 2. The Morgan fingerprint density at radius 3 is 2.24 bits per heavy atom. The Balaban J connectivity index is 2.16. The Morgan fingerprint density at radius 1 is 1.03 bits per heavy atom. The van der Waals surface area contributed by atoms with E-state index in [1.807, 2.05) is 18.7 Å². The molecule has 1 aliphatic heterocycles. The maximum absolute atomic E-state index is 13.3. The van der Waals surface area contributed by atoms with E-state index >= 15 is 0 Å². The summed E-state index contributed by atoms with van der Waals surface area (Å²) in [6, 6.07) is 3.20. The van der Waals surface area contributed by atoms with Crippen LogP contribution in [0.5, 0.6) is 11.5 Å². The minimum Gasteiger partial charge on any atom is -0.493 e. The van der Waals surface area contributed by atoms with Gasteiger partial charge in [-0.25, -0.2) is 8.42 Å². The molecule has 1 heterocycles. The van der Waals surface area contributed by atoms with Gasteiger partial charge in [0.05, 0.1) is 25.7 Å². The van der Waals surface area contributed by atoms with Crippen LogP contribution in [-0.2, 0) is 14.8 Å². The van der Waals surface area contributed by atoms with Crippen LogP contribution in [-0.4, -0.2) is 88.5 Å². The maximum Gasteiger partial charge on any atom is 0.243 e. The topological polar surface area (TPSA) is 79.4 Å². The molecule has 0 unspecified atom stereocenters. The third-order valence-electron chi connectivity index (χ3n) is 5.32. The highest BCUT2D eigenvalue weighted by Crippen LogP contribution is 2.33. The molecule has 0 aliphatic carbocycles. The Morgan fingerprint density at radius 2 is 1.66 bits per heavy atom. The van der Waals surface area contributed by atoms with Gasteiger partial charge in [0, 0.05) is 38.8 Å². The predicted octanol–water partition coefficient (Wildman–Crippen LogP) is 1.58. The minimum atomic E-state index is -3.68. The number of hydrogen-bond donors (Lipinski definition) is 0. The fourth-order valence-corrected chi connectivity index (χ4v) is 5.28. The maximum atomic E-state index is 13.3. The van der Waals surface area contributed by atoms with Crippen LogP contribution < -0.4 is 9.47 Å². The van der Waals surface area contributed by atoms with E-state index in [0.29, 0.717) is 69.3 Å². The molecule has 0 spiro atoms. The summed E-state index contributed by atoms with van der Waals surface area (Å²) >= 11 is 0. The van der Waals surface area contributed by atoms with Crippen LogP contribution in [0.3, 0.4) is 0 Å². The van der Waals surface area contributed by atoms with E-state index in [2.05, 4.69) is 0 Å². The number of amides is 1. The van der Waals surface area contributed by atoms with E-state index in [-0.39, 0.29) is 10.8 Å². The van der Waals surface area contributed by atoms with Gasteiger partial charge in [-0.2, -0.15) is 4.31 Å². The zero-order valence-electron chi connectivity index (χ0n) is 18.1. The van der Waals surface area contributed by atoms with E-state index < -0.39 is 10.0 Å². The van der Waals surface area contributed by atoms with Crippen molar-refractivity contribution >= 4 is 15.9 Å². The number of benzene rings is 1. The van der Waals surface area contributed by atoms with Crippen LogP contribution in [0.2, 0.25) is 0 Å². The first-order valence-electron chi connectivity index (χ1n) is 10.0. The lowest BCUT2D eigenvalue weighted by Gasteiger charge is -2.25. The molecule has 0 saturated carbocycles. The number of nitrogens with zero attached hydrogens (tertiary/aromatic N) is 3. The molecular formula is C20H33N3O5S. The second-order valence-electron chi connectivity index (χ2n) is 7.07. The molecule has 164 valence electrons. The number of likely N-dealkylation sites (N-methyl/N-ethyl adjacent to an activating group) is 1. The normalized spacial score (nSPS) is 16.3. The van der Waals surface area contributed by atoms with E-state index in [4.69, 9.17) is 9.47 Å². The van der Waals surface area contributed by atoms with Crippen molar-refractivity contribution < 1.29 is 22.7 Å². The lowest BCUT2D eigenvalue weighted by molar-refractivity contribution is -0.132. The van der Waals surface area contributed by atoms with Crippen molar-refractivity contribution in [2.75, 3.05) is 60.0 Å². The first kappa shape index (κ1) is 23.4. The van der Waals surface area contributed by atoms with Gasteiger partial charge in [-0.1, -0.05) is 0 Å². The highest BCUT2D eigenvalue weighted by atomic mass is 32.2. The number of carbonyl (C=O) groups excluding carboxylic acids is 1. The van der Waals surface area contributed by atoms with Crippen molar-refractivity contribution in [3.05, 3.63) is 17.7 Å². The van der Waals surface area contributed by atoms with Crippen molar-refractivity contribution in [2.24, 2.45) is 0 Å². The molecule has 1 aliphatic rings. The summed E-state index contributed by atoms with van der Waals surface area (Å²) in [5.41, 5.74) is 0.612. The lowest BCUT2D eigenvalue weighted by Crippen LogP contribution is -2.42. The zero-order chi connectivity index (χ0) is 21.6. The van der Waals surface area contributed by atoms with E-state index in [1.54, 1.807) is 17.9 Å². The van der Waals surface area contributed by atoms with E-state index in [9.17, 15) is 13.2 Å². The Hall–Kier alpha value is -1.84. The number of hydrogen-bond acceptors (Lipinski definition) is 6. The standard InChI is InChI=1S/C20H33N3O5S/c1-6-22(7-2)20(24)15-21-9-8-10-23(12-11-21)29(25,26)19-14-18(28-5)17(27-4)13-16(19)3/h13-14H,6-12,15H2,1-5H3. The van der Waals surface area contributed by atoms with Gasteiger partial charge in [0.1, 0.15) is 0 Å². The summed E-state index contributed by atoms with van der Waals surface area (Å²) in [5, 5.41) is 0. The van der Waals surface area contributed by atoms with Crippen LogP contribution in [0.1, 0.15) is 25.8 Å². The average molecular weight is 428 g/mol. The fraction of sp³-hybridized carbons (Fsp3) is 0.650. The molecule has 29 heavy (non-hydrogen) atoms. The van der Waals surface area contributed by atoms with Crippen LogP contribution in [0.25, 0.3) is 0 Å².